The van der Waals surface area contributed by atoms with Crippen molar-refractivity contribution in [3.63, 3.8) is 0 Å². The van der Waals surface area contributed by atoms with Gasteiger partial charge in [0.25, 0.3) is 0 Å². The van der Waals surface area contributed by atoms with E-state index in [-0.39, 0.29) is 23.7 Å². The van der Waals surface area contributed by atoms with Gasteiger partial charge in [-0.1, -0.05) is 115 Å². The summed E-state index contributed by atoms with van der Waals surface area (Å²) < 4.78 is 26.3. The number of halogens is 1. The number of aliphatic hydroxyl groups is 1. The van der Waals surface area contributed by atoms with Gasteiger partial charge < -0.3 is 19.5 Å². The number of aliphatic hydroxyl groups excluding tert-OH is 1. The average molecular weight is 664 g/mol. The Morgan fingerprint density at radius 1 is 0.660 bits per heavy atom. The Kier molecular flexibility index (Phi) is 9.99. The minimum atomic E-state index is -0.817. The van der Waals surface area contributed by atoms with Gasteiger partial charge >= 0.3 is 0 Å². The lowest BCUT2D eigenvalue weighted by atomic mass is 9.77. The lowest BCUT2D eigenvalue weighted by Gasteiger charge is -2.48. The van der Waals surface area contributed by atoms with Gasteiger partial charge in [0, 0.05) is 11.3 Å². The van der Waals surface area contributed by atoms with E-state index in [4.69, 9.17) is 9.47 Å². The highest BCUT2D eigenvalue weighted by Gasteiger charge is 2.49. The van der Waals surface area contributed by atoms with Crippen LogP contribution in [0.25, 0.3) is 11.1 Å². The maximum atomic E-state index is 13.9. The number of para-hydroxylation sites is 1. The Morgan fingerprint density at radius 2 is 1.28 bits per heavy atom. The number of rotatable bonds is 13. The third kappa shape index (κ3) is 7.46. The molecule has 1 saturated heterocycles. The van der Waals surface area contributed by atoms with Crippen molar-refractivity contribution in [3.8, 4) is 22.6 Å². The van der Waals surface area contributed by atoms with Crippen molar-refractivity contribution in [2.75, 3.05) is 4.90 Å². The van der Waals surface area contributed by atoms with E-state index in [2.05, 4.69) is 12.1 Å². The van der Waals surface area contributed by atoms with Crippen molar-refractivity contribution >= 4 is 11.6 Å². The normalized spacial score (nSPS) is 16.0. The molecule has 1 N–H and O–H groups in total. The fraction of sp³-hybridized carbons (Fsp3) is 0.159. The number of ether oxygens (including phenoxy) is 2. The van der Waals surface area contributed by atoms with Crippen LogP contribution in [0.4, 0.5) is 10.1 Å². The van der Waals surface area contributed by atoms with Crippen molar-refractivity contribution in [1.82, 2.24) is 0 Å². The number of benzene rings is 6. The van der Waals surface area contributed by atoms with Gasteiger partial charge in [-0.3, -0.25) is 4.79 Å². The molecule has 1 fully saturated rings. The standard InChI is InChI=1S/C44H38FNO4/c45-36-22-19-33(20-23-36)41(47)26-25-40-43(46(44(40)48)37-16-8-3-9-17-37)39-24-21-35(28-42(39)50-30-32-13-6-2-7-14-32)34-15-10-18-38(27-34)49-29-31-11-4-1-5-12-31/h1-24,27-28,40-41,43,47H,25-26,29-30H2/t40-,41+,43-/m1/s1. The van der Waals surface area contributed by atoms with Gasteiger partial charge in [0.05, 0.1) is 18.1 Å². The van der Waals surface area contributed by atoms with Crippen molar-refractivity contribution < 1.29 is 23.8 Å². The Morgan fingerprint density at radius 3 is 1.96 bits per heavy atom. The minimum Gasteiger partial charge on any atom is -0.489 e. The van der Waals surface area contributed by atoms with Gasteiger partial charge in [-0.2, -0.15) is 0 Å². The summed E-state index contributed by atoms with van der Waals surface area (Å²) >= 11 is 0. The van der Waals surface area contributed by atoms with Crippen LogP contribution in [0.3, 0.4) is 0 Å². The largest absolute Gasteiger partial charge is 0.489 e. The van der Waals surface area contributed by atoms with E-state index < -0.39 is 6.10 Å². The van der Waals surface area contributed by atoms with Gasteiger partial charge in [0.1, 0.15) is 30.5 Å². The van der Waals surface area contributed by atoms with Crippen LogP contribution in [-0.4, -0.2) is 11.0 Å². The summed E-state index contributed by atoms with van der Waals surface area (Å²) in [5.41, 5.74) is 6.39. The quantitative estimate of drug-likeness (QED) is 0.125. The molecule has 0 saturated carbocycles. The lowest BCUT2D eigenvalue weighted by Crippen LogP contribution is -2.55. The minimum absolute atomic E-state index is 0.00569. The third-order valence-corrected chi connectivity index (χ3v) is 9.24. The van der Waals surface area contributed by atoms with E-state index in [0.29, 0.717) is 37.4 Å². The number of nitrogens with zero attached hydrogens (tertiary/aromatic N) is 1. The topological polar surface area (TPSA) is 59.0 Å². The first-order valence-corrected chi connectivity index (χ1v) is 16.9. The van der Waals surface area contributed by atoms with E-state index >= 15 is 0 Å². The highest BCUT2D eigenvalue weighted by Crippen LogP contribution is 2.49. The van der Waals surface area contributed by atoms with Crippen LogP contribution in [0.5, 0.6) is 11.5 Å². The Hall–Kier alpha value is -5.72. The second-order valence-corrected chi connectivity index (χ2v) is 12.6. The molecular formula is C44H38FNO4. The SMILES string of the molecule is O=C1[C@H](CC[C@H](O)c2ccc(F)cc2)[C@@H](c2ccc(-c3cccc(OCc4ccccc4)c3)cc2OCc2ccccc2)N1c1ccccc1. The van der Waals surface area contributed by atoms with Crippen LogP contribution in [0.1, 0.15) is 47.2 Å². The second kappa shape index (κ2) is 15.2. The summed E-state index contributed by atoms with van der Waals surface area (Å²) in [6.45, 7) is 0.828. The molecule has 0 spiro atoms. The summed E-state index contributed by atoms with van der Waals surface area (Å²) in [5.74, 6) is 0.705. The van der Waals surface area contributed by atoms with E-state index in [1.807, 2.05) is 126 Å². The number of β-lactam (4-membered cyclic amide) rings is 1. The van der Waals surface area contributed by atoms with E-state index in [9.17, 15) is 14.3 Å². The summed E-state index contributed by atoms with van der Waals surface area (Å²) in [4.78, 5) is 15.7. The molecule has 6 heteroatoms. The number of hydrogen-bond donors (Lipinski definition) is 1. The zero-order valence-electron chi connectivity index (χ0n) is 27.6. The molecular weight excluding hydrogens is 625 g/mol. The summed E-state index contributed by atoms with van der Waals surface area (Å²) in [6, 6.07) is 49.5. The fourth-order valence-electron chi connectivity index (χ4n) is 6.58. The van der Waals surface area contributed by atoms with Crippen LogP contribution in [-0.2, 0) is 18.0 Å². The zero-order valence-corrected chi connectivity index (χ0v) is 27.6. The molecule has 1 amide bonds. The predicted octanol–water partition coefficient (Wildman–Crippen LogP) is 9.87. The molecule has 7 rings (SSSR count). The molecule has 0 aromatic heterocycles. The summed E-state index contributed by atoms with van der Waals surface area (Å²) in [7, 11) is 0. The maximum absolute atomic E-state index is 13.9. The number of hydrogen-bond acceptors (Lipinski definition) is 4. The number of carbonyl (C=O) groups is 1. The molecule has 6 aromatic rings. The molecule has 0 bridgehead atoms. The Labute approximate surface area is 292 Å². The molecule has 1 heterocycles. The molecule has 50 heavy (non-hydrogen) atoms. The number of amides is 1. The molecule has 0 aliphatic carbocycles. The number of anilines is 1. The molecule has 1 aliphatic heterocycles. The molecule has 250 valence electrons. The zero-order chi connectivity index (χ0) is 34.3. The molecule has 5 nitrogen and oxygen atoms in total. The van der Waals surface area contributed by atoms with Crippen LogP contribution < -0.4 is 14.4 Å². The maximum Gasteiger partial charge on any atom is 0.233 e. The summed E-state index contributed by atoms with van der Waals surface area (Å²) in [6.07, 6.45) is -0.0104. The molecule has 1 aliphatic rings. The smallest absolute Gasteiger partial charge is 0.233 e. The van der Waals surface area contributed by atoms with Gasteiger partial charge in [-0.15, -0.1) is 0 Å². The average Bonchev–Trinajstić information content (AvgIpc) is 3.17. The third-order valence-electron chi connectivity index (χ3n) is 9.24. The lowest BCUT2D eigenvalue weighted by molar-refractivity contribution is -0.131. The first kappa shape index (κ1) is 32.8. The van der Waals surface area contributed by atoms with Gasteiger partial charge in [-0.05, 0) is 83.1 Å². The fourth-order valence-corrected chi connectivity index (χ4v) is 6.58. The highest BCUT2D eigenvalue weighted by atomic mass is 19.1. The molecule has 3 atom stereocenters. The molecule has 0 radical (unpaired) electrons. The molecule has 6 aromatic carbocycles. The van der Waals surface area contributed by atoms with Crippen molar-refractivity contribution in [3.05, 3.63) is 186 Å². The Balaban J connectivity index is 1.21. The van der Waals surface area contributed by atoms with Crippen molar-refractivity contribution in [1.29, 1.82) is 0 Å². The second-order valence-electron chi connectivity index (χ2n) is 12.6. The number of carbonyl (C=O) groups excluding carboxylic acids is 1. The monoisotopic (exact) mass is 663 g/mol. The van der Waals surface area contributed by atoms with Crippen LogP contribution in [0, 0.1) is 11.7 Å². The first-order valence-electron chi connectivity index (χ1n) is 16.9. The first-order chi connectivity index (χ1) is 24.5. The predicted molar refractivity (Wildman–Crippen MR) is 194 cm³/mol. The highest BCUT2D eigenvalue weighted by molar-refractivity contribution is 6.03. The van der Waals surface area contributed by atoms with Crippen molar-refractivity contribution in [2.24, 2.45) is 5.92 Å². The van der Waals surface area contributed by atoms with E-state index in [0.717, 1.165) is 39.3 Å². The van der Waals surface area contributed by atoms with Gasteiger partial charge in [0.15, 0.2) is 0 Å². The van der Waals surface area contributed by atoms with Crippen LogP contribution >= 0.6 is 0 Å². The summed E-state index contributed by atoms with van der Waals surface area (Å²) in [5, 5.41) is 11.0. The van der Waals surface area contributed by atoms with Crippen LogP contribution in [0.15, 0.2) is 158 Å². The van der Waals surface area contributed by atoms with Crippen molar-refractivity contribution in [2.45, 2.75) is 38.2 Å². The van der Waals surface area contributed by atoms with E-state index in [1.54, 1.807) is 12.1 Å². The van der Waals surface area contributed by atoms with Crippen LogP contribution in [0.2, 0.25) is 0 Å². The van der Waals surface area contributed by atoms with Gasteiger partial charge in [0.2, 0.25) is 5.91 Å². The Bertz CT molecular complexity index is 2020. The van der Waals surface area contributed by atoms with Gasteiger partial charge in [-0.25, -0.2) is 4.39 Å². The van der Waals surface area contributed by atoms with E-state index in [1.165, 1.54) is 12.1 Å². The molecule has 0 unspecified atom stereocenters.